The molecule has 0 unspecified atom stereocenters. The van der Waals surface area contributed by atoms with Crippen LogP contribution < -0.4 is 0 Å². The van der Waals surface area contributed by atoms with E-state index < -0.39 is 0 Å². The zero-order chi connectivity index (χ0) is 20.1. The Morgan fingerprint density at radius 1 is 0.516 bits per heavy atom. The maximum Gasteiger partial charge on any atom is 0.0808 e. The molecule has 2 heteroatoms. The molecule has 31 heavy (non-hydrogen) atoms. The van der Waals surface area contributed by atoms with Gasteiger partial charge in [-0.05, 0) is 51.9 Å². The van der Waals surface area contributed by atoms with Crippen molar-refractivity contribution >= 4 is 70.5 Å². The highest BCUT2D eigenvalue weighted by molar-refractivity contribution is 6.37. The number of fused-ring (bicyclic) bond motifs is 10. The fourth-order valence-electron chi connectivity index (χ4n) is 5.67. The summed E-state index contributed by atoms with van der Waals surface area (Å²) in [6, 6.07) is 33.0. The molecule has 0 aliphatic rings. The molecule has 0 bridgehead atoms. The summed E-state index contributed by atoms with van der Waals surface area (Å²) in [6.07, 6.45) is 1.97. The van der Waals surface area contributed by atoms with Gasteiger partial charge in [-0.15, -0.1) is 0 Å². The summed E-state index contributed by atoms with van der Waals surface area (Å²) >= 11 is 0. The van der Waals surface area contributed by atoms with E-state index in [2.05, 4.69) is 95.4 Å². The van der Waals surface area contributed by atoms with Crippen LogP contribution in [0.25, 0.3) is 70.5 Å². The van der Waals surface area contributed by atoms with Gasteiger partial charge in [0.2, 0.25) is 0 Å². The molecule has 0 N–H and O–H groups in total. The van der Waals surface area contributed by atoms with Crippen molar-refractivity contribution in [2.75, 3.05) is 0 Å². The molecule has 8 rings (SSSR count). The standard InChI is InChI=1S/C29H16N2/c1-2-8-18-16-23-22(15-17(18)7-1)26-21-10-4-6-12-25(21)31-24-11-5-3-9-19(24)20-13-14-30-28(23)27(20)29(26)31/h1-16H. The van der Waals surface area contributed by atoms with Gasteiger partial charge in [-0.2, -0.15) is 0 Å². The first kappa shape index (κ1) is 15.6. The molecule has 8 aromatic rings. The van der Waals surface area contributed by atoms with Crippen molar-refractivity contribution in [2.24, 2.45) is 0 Å². The van der Waals surface area contributed by atoms with Gasteiger partial charge in [0, 0.05) is 33.1 Å². The minimum atomic E-state index is 1.09. The maximum absolute atomic E-state index is 4.93. The van der Waals surface area contributed by atoms with Gasteiger partial charge in [0.1, 0.15) is 0 Å². The Morgan fingerprint density at radius 2 is 1.16 bits per heavy atom. The molecule has 142 valence electrons. The van der Waals surface area contributed by atoms with Crippen LogP contribution >= 0.6 is 0 Å². The van der Waals surface area contributed by atoms with E-state index >= 15 is 0 Å². The highest BCUT2D eigenvalue weighted by Crippen LogP contribution is 2.45. The molecule has 3 aromatic heterocycles. The van der Waals surface area contributed by atoms with Crippen molar-refractivity contribution in [3.63, 3.8) is 0 Å². The number of hydrogen-bond donors (Lipinski definition) is 0. The lowest BCUT2D eigenvalue weighted by atomic mass is 9.94. The van der Waals surface area contributed by atoms with E-state index in [1.165, 1.54) is 65.0 Å². The van der Waals surface area contributed by atoms with Crippen LogP contribution in [-0.2, 0) is 0 Å². The molecule has 0 aliphatic carbocycles. The Bertz CT molecular complexity index is 1990. The van der Waals surface area contributed by atoms with Gasteiger partial charge in [-0.3, -0.25) is 4.98 Å². The SMILES string of the molecule is c1ccc2cc3c(cc2c1)c1nccc2c4ccccc4n4c5ccccc5c3c4c21. The molecule has 0 amide bonds. The molecule has 0 saturated carbocycles. The minimum absolute atomic E-state index is 1.09. The van der Waals surface area contributed by atoms with Gasteiger partial charge in [0.15, 0.2) is 0 Å². The van der Waals surface area contributed by atoms with Crippen LogP contribution in [0.2, 0.25) is 0 Å². The first-order chi connectivity index (χ1) is 15.4. The lowest BCUT2D eigenvalue weighted by Crippen LogP contribution is -1.94. The van der Waals surface area contributed by atoms with Crippen LogP contribution in [0.5, 0.6) is 0 Å². The van der Waals surface area contributed by atoms with E-state index in [1.807, 2.05) is 6.20 Å². The first-order valence-electron chi connectivity index (χ1n) is 10.7. The van der Waals surface area contributed by atoms with E-state index in [4.69, 9.17) is 4.98 Å². The Hall–Kier alpha value is -4.17. The number of pyridine rings is 2. The predicted molar refractivity (Wildman–Crippen MR) is 131 cm³/mol. The van der Waals surface area contributed by atoms with E-state index in [9.17, 15) is 0 Å². The number of benzene rings is 5. The quantitative estimate of drug-likeness (QED) is 0.191. The fourth-order valence-corrected chi connectivity index (χ4v) is 5.67. The summed E-state index contributed by atoms with van der Waals surface area (Å²) in [5, 5.41) is 11.4. The zero-order valence-corrected chi connectivity index (χ0v) is 16.6. The summed E-state index contributed by atoms with van der Waals surface area (Å²) in [5.41, 5.74) is 4.86. The molecule has 5 aromatic carbocycles. The summed E-state index contributed by atoms with van der Waals surface area (Å²) in [5.74, 6) is 0. The summed E-state index contributed by atoms with van der Waals surface area (Å²) in [6.45, 7) is 0. The van der Waals surface area contributed by atoms with Crippen LogP contribution in [-0.4, -0.2) is 9.38 Å². The van der Waals surface area contributed by atoms with Gasteiger partial charge < -0.3 is 4.40 Å². The molecule has 0 fully saturated rings. The minimum Gasteiger partial charge on any atom is -0.308 e. The van der Waals surface area contributed by atoms with Gasteiger partial charge in [0.05, 0.1) is 22.1 Å². The van der Waals surface area contributed by atoms with Crippen molar-refractivity contribution in [2.45, 2.75) is 0 Å². The second-order valence-corrected chi connectivity index (χ2v) is 8.42. The Morgan fingerprint density at radius 3 is 1.97 bits per heavy atom. The van der Waals surface area contributed by atoms with E-state index in [-0.39, 0.29) is 0 Å². The summed E-state index contributed by atoms with van der Waals surface area (Å²) < 4.78 is 2.45. The monoisotopic (exact) mass is 392 g/mol. The highest BCUT2D eigenvalue weighted by atomic mass is 14.9. The molecule has 2 nitrogen and oxygen atoms in total. The molecular weight excluding hydrogens is 376 g/mol. The lowest BCUT2D eigenvalue weighted by molar-refractivity contribution is 1.34. The van der Waals surface area contributed by atoms with Crippen molar-refractivity contribution in [1.29, 1.82) is 0 Å². The third-order valence-corrected chi connectivity index (χ3v) is 6.91. The Labute approximate surface area is 177 Å². The van der Waals surface area contributed by atoms with E-state index in [1.54, 1.807) is 0 Å². The van der Waals surface area contributed by atoms with Crippen LogP contribution in [0.3, 0.4) is 0 Å². The molecule has 0 atom stereocenters. The molecule has 0 aliphatic heterocycles. The molecule has 0 radical (unpaired) electrons. The van der Waals surface area contributed by atoms with Crippen molar-refractivity contribution in [1.82, 2.24) is 9.38 Å². The molecule has 3 heterocycles. The van der Waals surface area contributed by atoms with E-state index in [0.29, 0.717) is 0 Å². The third kappa shape index (κ3) is 1.78. The van der Waals surface area contributed by atoms with Crippen LogP contribution in [0.1, 0.15) is 0 Å². The maximum atomic E-state index is 4.93. The molecule has 0 spiro atoms. The van der Waals surface area contributed by atoms with Gasteiger partial charge in [-0.25, -0.2) is 0 Å². The highest BCUT2D eigenvalue weighted by Gasteiger charge is 2.21. The average molecular weight is 392 g/mol. The Kier molecular flexibility index (Phi) is 2.67. The van der Waals surface area contributed by atoms with Gasteiger partial charge >= 0.3 is 0 Å². The van der Waals surface area contributed by atoms with Crippen molar-refractivity contribution < 1.29 is 0 Å². The van der Waals surface area contributed by atoms with Gasteiger partial charge in [-0.1, -0.05) is 60.7 Å². The largest absolute Gasteiger partial charge is 0.308 e. The number of nitrogens with zero attached hydrogens (tertiary/aromatic N) is 2. The van der Waals surface area contributed by atoms with Crippen molar-refractivity contribution in [3.05, 3.63) is 97.2 Å². The second kappa shape index (κ2) is 5.30. The predicted octanol–water partition coefficient (Wildman–Crippen LogP) is 7.69. The lowest BCUT2D eigenvalue weighted by Gasteiger charge is -2.15. The zero-order valence-electron chi connectivity index (χ0n) is 16.6. The van der Waals surface area contributed by atoms with Crippen LogP contribution in [0.4, 0.5) is 0 Å². The fraction of sp³-hybridized carbons (Fsp3) is 0. The smallest absolute Gasteiger partial charge is 0.0808 e. The number of hydrogen-bond acceptors (Lipinski definition) is 1. The topological polar surface area (TPSA) is 17.3 Å². The van der Waals surface area contributed by atoms with Gasteiger partial charge in [0.25, 0.3) is 0 Å². The summed E-state index contributed by atoms with van der Waals surface area (Å²) in [7, 11) is 0. The average Bonchev–Trinajstić information content (AvgIpc) is 3.19. The normalized spacial score (nSPS) is 12.5. The van der Waals surface area contributed by atoms with Crippen LogP contribution in [0.15, 0.2) is 97.2 Å². The molecule has 0 saturated heterocycles. The van der Waals surface area contributed by atoms with Crippen molar-refractivity contribution in [3.8, 4) is 0 Å². The number of para-hydroxylation sites is 2. The number of rotatable bonds is 0. The Balaban J connectivity index is 1.87. The summed E-state index contributed by atoms with van der Waals surface area (Å²) in [4.78, 5) is 4.93. The van der Waals surface area contributed by atoms with Crippen LogP contribution in [0, 0.1) is 0 Å². The third-order valence-electron chi connectivity index (χ3n) is 6.91. The number of aromatic nitrogens is 2. The van der Waals surface area contributed by atoms with E-state index in [0.717, 1.165) is 5.52 Å². The molecular formula is C29H16N2. The second-order valence-electron chi connectivity index (χ2n) is 8.42. The first-order valence-corrected chi connectivity index (χ1v) is 10.7.